The summed E-state index contributed by atoms with van der Waals surface area (Å²) in [5.74, 6) is -0.0416. The van der Waals surface area contributed by atoms with Crippen molar-refractivity contribution in [3.05, 3.63) is 45.9 Å². The summed E-state index contributed by atoms with van der Waals surface area (Å²) in [7, 11) is 0. The van der Waals surface area contributed by atoms with Gasteiger partial charge in [0.25, 0.3) is 5.91 Å². The van der Waals surface area contributed by atoms with Crippen molar-refractivity contribution in [1.82, 2.24) is 10.3 Å². The Hall–Kier alpha value is -1.88. The summed E-state index contributed by atoms with van der Waals surface area (Å²) in [5, 5.41) is 6.11. The lowest BCUT2D eigenvalue weighted by atomic mass is 10.2. The third kappa shape index (κ3) is 3.54. The van der Waals surface area contributed by atoms with Gasteiger partial charge in [-0.25, -0.2) is 4.98 Å². The lowest BCUT2D eigenvalue weighted by Crippen LogP contribution is -2.22. The van der Waals surface area contributed by atoms with Crippen molar-refractivity contribution >= 4 is 22.9 Å². The van der Waals surface area contributed by atoms with Crippen LogP contribution in [0.25, 0.3) is 0 Å². The molecule has 0 aliphatic heterocycles. The van der Waals surface area contributed by atoms with Crippen LogP contribution in [0.15, 0.2) is 29.8 Å². The minimum absolute atomic E-state index is 0.0416. The number of aryl methyl sites for hydroxylation is 1. The SMILES string of the molecule is CCNC(=O)c1cccc(NCc2scnc2C)c1. The molecule has 1 heterocycles. The molecule has 2 aromatic rings. The first-order chi connectivity index (χ1) is 9.20. The van der Waals surface area contributed by atoms with E-state index in [0.29, 0.717) is 12.1 Å². The van der Waals surface area contributed by atoms with E-state index < -0.39 is 0 Å². The Balaban J connectivity index is 2.03. The Morgan fingerprint density at radius 3 is 2.95 bits per heavy atom. The van der Waals surface area contributed by atoms with Crippen LogP contribution in [0.2, 0.25) is 0 Å². The molecule has 1 amide bonds. The van der Waals surface area contributed by atoms with E-state index in [1.165, 1.54) is 4.88 Å². The summed E-state index contributed by atoms with van der Waals surface area (Å²) < 4.78 is 0. The van der Waals surface area contributed by atoms with Crippen molar-refractivity contribution in [3.63, 3.8) is 0 Å². The molecular weight excluding hydrogens is 258 g/mol. The second-order valence-corrected chi connectivity index (χ2v) is 5.09. The number of anilines is 1. The number of thiazole rings is 1. The van der Waals surface area contributed by atoms with Crippen molar-refractivity contribution < 1.29 is 4.79 Å². The average molecular weight is 275 g/mol. The van der Waals surface area contributed by atoms with Crippen LogP contribution in [0, 0.1) is 6.92 Å². The Kier molecular flexibility index (Phi) is 4.52. The zero-order valence-electron chi connectivity index (χ0n) is 11.1. The molecule has 0 aliphatic rings. The second-order valence-electron chi connectivity index (χ2n) is 4.15. The van der Waals surface area contributed by atoms with Gasteiger partial charge < -0.3 is 10.6 Å². The molecule has 2 N–H and O–H groups in total. The van der Waals surface area contributed by atoms with Gasteiger partial charge in [-0.15, -0.1) is 11.3 Å². The van der Waals surface area contributed by atoms with E-state index in [9.17, 15) is 4.79 Å². The number of nitrogens with one attached hydrogen (secondary N) is 2. The summed E-state index contributed by atoms with van der Waals surface area (Å²) in [4.78, 5) is 17.2. The number of hydrogen-bond donors (Lipinski definition) is 2. The van der Waals surface area contributed by atoms with Crippen LogP contribution < -0.4 is 10.6 Å². The van der Waals surface area contributed by atoms with Crippen molar-refractivity contribution in [2.75, 3.05) is 11.9 Å². The first-order valence-electron chi connectivity index (χ1n) is 6.21. The highest BCUT2D eigenvalue weighted by molar-refractivity contribution is 7.09. The molecule has 1 aromatic heterocycles. The van der Waals surface area contributed by atoms with Gasteiger partial charge in [0.05, 0.1) is 17.7 Å². The summed E-state index contributed by atoms with van der Waals surface area (Å²) in [6, 6.07) is 7.51. The molecule has 19 heavy (non-hydrogen) atoms. The van der Waals surface area contributed by atoms with Gasteiger partial charge in [-0.2, -0.15) is 0 Å². The van der Waals surface area contributed by atoms with Gasteiger partial charge in [0, 0.05) is 22.7 Å². The Bertz CT molecular complexity index is 565. The average Bonchev–Trinajstić information content (AvgIpc) is 2.82. The van der Waals surface area contributed by atoms with Gasteiger partial charge >= 0.3 is 0 Å². The molecule has 0 atom stereocenters. The quantitative estimate of drug-likeness (QED) is 0.882. The normalized spacial score (nSPS) is 10.2. The number of benzene rings is 1. The monoisotopic (exact) mass is 275 g/mol. The molecule has 2 rings (SSSR count). The number of amides is 1. The standard InChI is InChI=1S/C14H17N3OS/c1-3-15-14(18)11-5-4-6-12(7-11)16-8-13-10(2)17-9-19-13/h4-7,9,16H,3,8H2,1-2H3,(H,15,18). The van der Waals surface area contributed by atoms with E-state index in [0.717, 1.165) is 17.9 Å². The highest BCUT2D eigenvalue weighted by atomic mass is 32.1. The smallest absolute Gasteiger partial charge is 0.251 e. The highest BCUT2D eigenvalue weighted by Crippen LogP contribution is 2.16. The topological polar surface area (TPSA) is 54.0 Å². The molecular formula is C14H17N3OS. The Morgan fingerprint density at radius 1 is 1.42 bits per heavy atom. The second kappa shape index (κ2) is 6.33. The predicted molar refractivity (Wildman–Crippen MR) is 78.6 cm³/mol. The molecule has 0 radical (unpaired) electrons. The fourth-order valence-electron chi connectivity index (χ4n) is 1.71. The number of hydrogen-bond acceptors (Lipinski definition) is 4. The first kappa shape index (κ1) is 13.5. The molecule has 0 unspecified atom stereocenters. The fraction of sp³-hybridized carbons (Fsp3) is 0.286. The molecule has 0 aliphatic carbocycles. The largest absolute Gasteiger partial charge is 0.380 e. The van der Waals surface area contributed by atoms with Crippen LogP contribution in [0.3, 0.4) is 0 Å². The number of rotatable bonds is 5. The van der Waals surface area contributed by atoms with Gasteiger partial charge in [0.15, 0.2) is 0 Å². The lowest BCUT2D eigenvalue weighted by Gasteiger charge is -2.08. The summed E-state index contributed by atoms with van der Waals surface area (Å²) in [5.41, 5.74) is 4.51. The molecule has 0 saturated heterocycles. The first-order valence-corrected chi connectivity index (χ1v) is 7.09. The van der Waals surface area contributed by atoms with Crippen LogP contribution in [-0.2, 0) is 6.54 Å². The maximum Gasteiger partial charge on any atom is 0.251 e. The third-order valence-corrected chi connectivity index (χ3v) is 3.70. The van der Waals surface area contributed by atoms with Gasteiger partial charge in [0.2, 0.25) is 0 Å². The van der Waals surface area contributed by atoms with Crippen molar-refractivity contribution in [1.29, 1.82) is 0 Å². The fourth-order valence-corrected chi connectivity index (χ4v) is 2.43. The molecule has 4 nitrogen and oxygen atoms in total. The molecule has 100 valence electrons. The molecule has 0 bridgehead atoms. The van der Waals surface area contributed by atoms with Gasteiger partial charge in [-0.3, -0.25) is 4.79 Å². The van der Waals surface area contributed by atoms with E-state index in [4.69, 9.17) is 0 Å². The molecule has 1 aromatic carbocycles. The van der Waals surface area contributed by atoms with E-state index in [1.807, 2.05) is 43.6 Å². The van der Waals surface area contributed by atoms with E-state index in [1.54, 1.807) is 11.3 Å². The van der Waals surface area contributed by atoms with Crippen molar-refractivity contribution in [3.8, 4) is 0 Å². The molecule has 5 heteroatoms. The summed E-state index contributed by atoms with van der Waals surface area (Å²) in [6.45, 7) is 5.27. The Morgan fingerprint density at radius 2 is 2.26 bits per heavy atom. The summed E-state index contributed by atoms with van der Waals surface area (Å²) >= 11 is 1.63. The van der Waals surface area contributed by atoms with E-state index in [-0.39, 0.29) is 5.91 Å². The van der Waals surface area contributed by atoms with E-state index >= 15 is 0 Å². The minimum Gasteiger partial charge on any atom is -0.380 e. The Labute approximate surface area is 116 Å². The number of aromatic nitrogens is 1. The van der Waals surface area contributed by atoms with Gasteiger partial charge in [-0.05, 0) is 32.0 Å². The molecule has 0 fully saturated rings. The zero-order chi connectivity index (χ0) is 13.7. The van der Waals surface area contributed by atoms with Gasteiger partial charge in [-0.1, -0.05) is 6.07 Å². The lowest BCUT2D eigenvalue weighted by molar-refractivity contribution is 0.0956. The van der Waals surface area contributed by atoms with E-state index in [2.05, 4.69) is 15.6 Å². The third-order valence-electron chi connectivity index (χ3n) is 2.76. The maximum absolute atomic E-state index is 11.7. The molecule has 0 spiro atoms. The number of carbonyl (C=O) groups is 1. The predicted octanol–water partition coefficient (Wildman–Crippen LogP) is 2.81. The molecule has 0 saturated carbocycles. The number of carbonyl (C=O) groups excluding carboxylic acids is 1. The highest BCUT2D eigenvalue weighted by Gasteiger charge is 2.05. The van der Waals surface area contributed by atoms with Crippen LogP contribution >= 0.6 is 11.3 Å². The van der Waals surface area contributed by atoms with Crippen LogP contribution in [0.5, 0.6) is 0 Å². The number of nitrogens with zero attached hydrogens (tertiary/aromatic N) is 1. The maximum atomic E-state index is 11.7. The van der Waals surface area contributed by atoms with Crippen LogP contribution in [-0.4, -0.2) is 17.4 Å². The zero-order valence-corrected chi connectivity index (χ0v) is 11.9. The van der Waals surface area contributed by atoms with Crippen LogP contribution in [0.4, 0.5) is 5.69 Å². The van der Waals surface area contributed by atoms with Crippen molar-refractivity contribution in [2.24, 2.45) is 0 Å². The minimum atomic E-state index is -0.0416. The van der Waals surface area contributed by atoms with Crippen molar-refractivity contribution in [2.45, 2.75) is 20.4 Å². The van der Waals surface area contributed by atoms with Crippen LogP contribution in [0.1, 0.15) is 27.9 Å². The van der Waals surface area contributed by atoms with Gasteiger partial charge in [0.1, 0.15) is 0 Å². The summed E-state index contributed by atoms with van der Waals surface area (Å²) in [6.07, 6.45) is 0.